The summed E-state index contributed by atoms with van der Waals surface area (Å²) in [4.78, 5) is 14.0. The van der Waals surface area contributed by atoms with E-state index in [0.717, 1.165) is 34.2 Å². The van der Waals surface area contributed by atoms with E-state index in [0.29, 0.717) is 18.0 Å². The number of rotatable bonds is 2. The minimum atomic E-state index is -0.759. The van der Waals surface area contributed by atoms with Crippen LogP contribution in [0.4, 0.5) is 0 Å². The number of amides is 1. The molecular weight excluding hydrogens is 318 g/mol. The smallest absolute Gasteiger partial charge is 0.220 e. The van der Waals surface area contributed by atoms with Crippen molar-refractivity contribution in [1.82, 2.24) is 4.90 Å². The molecule has 5 heteroatoms. The fourth-order valence-electron chi connectivity index (χ4n) is 4.24. The fraction of sp³-hybridized carbons (Fsp3) is 0.350. The first-order valence-corrected chi connectivity index (χ1v) is 8.40. The number of methoxy groups -OCH3 is 2. The number of benzene rings is 2. The number of aliphatic hydroxyl groups excluding tert-OH is 1. The monoisotopic (exact) mass is 339 g/mol. The highest BCUT2D eigenvalue weighted by Gasteiger charge is 2.43. The van der Waals surface area contributed by atoms with Gasteiger partial charge in [-0.05, 0) is 34.7 Å². The molecule has 2 atom stereocenters. The Hall–Kier alpha value is -2.53. The number of hydrogen-bond acceptors (Lipinski definition) is 4. The van der Waals surface area contributed by atoms with E-state index in [4.69, 9.17) is 9.47 Å². The summed E-state index contributed by atoms with van der Waals surface area (Å²) in [6.45, 7) is 2.14. The summed E-state index contributed by atoms with van der Waals surface area (Å²) in [7, 11) is 3.25. The summed E-state index contributed by atoms with van der Waals surface area (Å²) in [5.74, 6) is 1.29. The van der Waals surface area contributed by atoms with Gasteiger partial charge in [0.15, 0.2) is 11.5 Å². The number of carbonyl (C=O) groups excluding carboxylic acids is 1. The van der Waals surface area contributed by atoms with E-state index in [9.17, 15) is 9.90 Å². The van der Waals surface area contributed by atoms with Crippen molar-refractivity contribution < 1.29 is 19.4 Å². The molecule has 25 heavy (non-hydrogen) atoms. The third-order valence-electron chi connectivity index (χ3n) is 5.30. The van der Waals surface area contributed by atoms with Crippen molar-refractivity contribution in [2.75, 3.05) is 20.8 Å². The van der Waals surface area contributed by atoms with Gasteiger partial charge >= 0.3 is 0 Å². The van der Waals surface area contributed by atoms with Crippen LogP contribution >= 0.6 is 0 Å². The molecule has 0 saturated carbocycles. The Kier molecular flexibility index (Phi) is 3.69. The maximum atomic E-state index is 12.2. The van der Waals surface area contributed by atoms with Crippen molar-refractivity contribution in [1.29, 1.82) is 0 Å². The molecule has 1 aliphatic carbocycles. The third-order valence-corrected chi connectivity index (χ3v) is 5.30. The normalized spacial score (nSPS) is 20.6. The first-order chi connectivity index (χ1) is 12.1. The third kappa shape index (κ3) is 2.15. The van der Waals surface area contributed by atoms with Crippen molar-refractivity contribution in [2.45, 2.75) is 25.5 Å². The average Bonchev–Trinajstić information content (AvgIpc) is 2.64. The van der Waals surface area contributed by atoms with Gasteiger partial charge in [0.2, 0.25) is 5.91 Å². The summed E-state index contributed by atoms with van der Waals surface area (Å²) < 4.78 is 11.2. The number of fused-ring (bicyclic) bond motifs is 2. The standard InChI is InChI=1S/C20H21NO4/c1-11(22)21-9-8-12-10-15(24-2)20(25-3)17-13-6-4-5-7-14(13)19(23)18(21)16(12)17/h4-7,10,18-19,23H,8-9H2,1-3H3/t18-,19-/m0/s1. The predicted molar refractivity (Wildman–Crippen MR) is 93.8 cm³/mol. The molecule has 0 spiro atoms. The molecule has 0 saturated heterocycles. The predicted octanol–water partition coefficient (Wildman–Crippen LogP) is 2.86. The van der Waals surface area contributed by atoms with Gasteiger partial charge in [-0.2, -0.15) is 0 Å². The number of ether oxygens (including phenoxy) is 2. The van der Waals surface area contributed by atoms with Crippen LogP contribution in [-0.4, -0.2) is 36.7 Å². The minimum Gasteiger partial charge on any atom is -0.493 e. The zero-order chi connectivity index (χ0) is 17.7. The van der Waals surface area contributed by atoms with Crippen LogP contribution in [0.5, 0.6) is 11.5 Å². The summed E-state index contributed by atoms with van der Waals surface area (Å²) in [6, 6.07) is 9.33. The summed E-state index contributed by atoms with van der Waals surface area (Å²) in [5.41, 5.74) is 4.75. The maximum Gasteiger partial charge on any atom is 0.220 e. The zero-order valence-corrected chi connectivity index (χ0v) is 14.6. The van der Waals surface area contributed by atoms with Crippen molar-refractivity contribution in [3.8, 4) is 22.6 Å². The van der Waals surface area contributed by atoms with Gasteiger partial charge < -0.3 is 19.5 Å². The quantitative estimate of drug-likeness (QED) is 0.914. The number of aliphatic hydroxyl groups is 1. The van der Waals surface area contributed by atoms with E-state index >= 15 is 0 Å². The van der Waals surface area contributed by atoms with Crippen molar-refractivity contribution in [2.24, 2.45) is 0 Å². The molecule has 4 rings (SSSR count). The van der Waals surface area contributed by atoms with Crippen molar-refractivity contribution in [3.63, 3.8) is 0 Å². The van der Waals surface area contributed by atoms with E-state index in [-0.39, 0.29) is 5.91 Å². The van der Waals surface area contributed by atoms with Crippen LogP contribution in [0.2, 0.25) is 0 Å². The van der Waals surface area contributed by atoms with Crippen LogP contribution < -0.4 is 9.47 Å². The molecule has 2 aromatic carbocycles. The van der Waals surface area contributed by atoms with E-state index in [1.54, 1.807) is 26.0 Å². The van der Waals surface area contributed by atoms with E-state index in [1.807, 2.05) is 30.3 Å². The molecule has 1 N–H and O–H groups in total. The van der Waals surface area contributed by atoms with Crippen LogP contribution in [0, 0.1) is 0 Å². The Morgan fingerprint density at radius 1 is 1.24 bits per heavy atom. The zero-order valence-electron chi connectivity index (χ0n) is 14.6. The second-order valence-corrected chi connectivity index (χ2v) is 6.50. The van der Waals surface area contributed by atoms with Gasteiger partial charge in [-0.1, -0.05) is 24.3 Å². The lowest BCUT2D eigenvalue weighted by molar-refractivity contribution is -0.134. The molecule has 1 amide bonds. The number of carbonyl (C=O) groups is 1. The summed E-state index contributed by atoms with van der Waals surface area (Å²) in [6.07, 6.45) is -0.0297. The first-order valence-electron chi connectivity index (χ1n) is 8.40. The van der Waals surface area contributed by atoms with E-state index in [1.165, 1.54) is 0 Å². The Morgan fingerprint density at radius 3 is 2.68 bits per heavy atom. The molecule has 0 unspecified atom stereocenters. The summed E-state index contributed by atoms with van der Waals surface area (Å²) >= 11 is 0. The minimum absolute atomic E-state index is 0.0326. The highest BCUT2D eigenvalue weighted by atomic mass is 16.5. The summed E-state index contributed by atoms with van der Waals surface area (Å²) in [5, 5.41) is 11.1. The number of hydrogen-bond donors (Lipinski definition) is 1. The molecule has 5 nitrogen and oxygen atoms in total. The molecule has 0 bridgehead atoms. The fourth-order valence-corrected chi connectivity index (χ4v) is 4.24. The van der Waals surface area contributed by atoms with Gasteiger partial charge in [0.1, 0.15) is 6.10 Å². The maximum absolute atomic E-state index is 12.2. The first kappa shape index (κ1) is 16.0. The van der Waals surface area contributed by atoms with E-state index < -0.39 is 12.1 Å². The lowest BCUT2D eigenvalue weighted by atomic mass is 9.75. The van der Waals surface area contributed by atoms with Crippen LogP contribution in [0.1, 0.15) is 35.8 Å². The highest BCUT2D eigenvalue weighted by molar-refractivity contribution is 5.85. The molecule has 0 radical (unpaired) electrons. The molecule has 130 valence electrons. The molecular formula is C20H21NO4. The Morgan fingerprint density at radius 2 is 2.00 bits per heavy atom. The van der Waals surface area contributed by atoms with Crippen molar-refractivity contribution >= 4 is 5.91 Å². The van der Waals surface area contributed by atoms with Crippen LogP contribution in [0.25, 0.3) is 11.1 Å². The van der Waals surface area contributed by atoms with Gasteiger partial charge in [-0.15, -0.1) is 0 Å². The van der Waals surface area contributed by atoms with Gasteiger partial charge in [0.05, 0.1) is 20.3 Å². The molecule has 2 aliphatic rings. The molecule has 0 fully saturated rings. The molecule has 1 heterocycles. The van der Waals surface area contributed by atoms with Gasteiger partial charge in [0, 0.05) is 19.0 Å². The second kappa shape index (κ2) is 5.77. The topological polar surface area (TPSA) is 59.0 Å². The van der Waals surface area contributed by atoms with Crippen LogP contribution in [-0.2, 0) is 11.2 Å². The molecule has 2 aromatic rings. The molecule has 0 aromatic heterocycles. The Labute approximate surface area is 146 Å². The SMILES string of the molecule is COc1cc2c3c(c1OC)-c1ccccc1[C@H](O)[C@H]3N(C(C)=O)CC2. The second-order valence-electron chi connectivity index (χ2n) is 6.50. The molecule has 1 aliphatic heterocycles. The lowest BCUT2D eigenvalue weighted by Gasteiger charge is -2.44. The number of nitrogens with zero attached hydrogens (tertiary/aromatic N) is 1. The van der Waals surface area contributed by atoms with Crippen LogP contribution in [0.3, 0.4) is 0 Å². The lowest BCUT2D eigenvalue weighted by Crippen LogP contribution is -2.43. The van der Waals surface area contributed by atoms with Gasteiger partial charge in [0.25, 0.3) is 0 Å². The Bertz CT molecular complexity index is 861. The van der Waals surface area contributed by atoms with Gasteiger partial charge in [-0.25, -0.2) is 0 Å². The van der Waals surface area contributed by atoms with Crippen molar-refractivity contribution in [3.05, 3.63) is 47.0 Å². The van der Waals surface area contributed by atoms with E-state index in [2.05, 4.69) is 0 Å². The Balaban J connectivity index is 2.10. The highest BCUT2D eigenvalue weighted by Crippen LogP contribution is 2.55. The van der Waals surface area contributed by atoms with Crippen LogP contribution in [0.15, 0.2) is 30.3 Å². The largest absolute Gasteiger partial charge is 0.493 e. The van der Waals surface area contributed by atoms with Gasteiger partial charge in [-0.3, -0.25) is 4.79 Å². The average molecular weight is 339 g/mol.